The van der Waals surface area contributed by atoms with Crippen molar-refractivity contribution >= 4 is 28.6 Å². The molecule has 13 heteroatoms. The molecule has 0 unspecified atom stereocenters. The van der Waals surface area contributed by atoms with Crippen molar-refractivity contribution in [1.29, 1.82) is 0 Å². The highest BCUT2D eigenvalue weighted by Crippen LogP contribution is 2.31. The van der Waals surface area contributed by atoms with E-state index in [4.69, 9.17) is 4.74 Å². The average molecular weight is 573 g/mol. The number of halogens is 6. The van der Waals surface area contributed by atoms with E-state index in [-0.39, 0.29) is 12.5 Å². The summed E-state index contributed by atoms with van der Waals surface area (Å²) in [7, 11) is 0. The van der Waals surface area contributed by atoms with Gasteiger partial charge in [0.25, 0.3) is 0 Å². The highest BCUT2D eigenvalue weighted by molar-refractivity contribution is 5.84. The van der Waals surface area contributed by atoms with Crippen LogP contribution in [-0.2, 0) is 18.9 Å². The molecule has 2 heterocycles. The van der Waals surface area contributed by atoms with Gasteiger partial charge in [-0.05, 0) is 54.1 Å². The molecule has 5 aromatic rings. The van der Waals surface area contributed by atoms with E-state index in [0.717, 1.165) is 24.3 Å². The lowest BCUT2D eigenvalue weighted by Gasteiger charge is -2.12. The van der Waals surface area contributed by atoms with Crippen molar-refractivity contribution in [2.24, 2.45) is 0 Å². The zero-order valence-electron chi connectivity index (χ0n) is 21.2. The minimum absolute atomic E-state index is 0.0814. The molecule has 0 saturated carbocycles. The number of fused-ring (bicyclic) bond motifs is 1. The molecule has 41 heavy (non-hydrogen) atoms. The summed E-state index contributed by atoms with van der Waals surface area (Å²) in [6, 6.07) is 18.3. The molecule has 0 fully saturated rings. The largest absolute Gasteiger partial charge is 0.492 e. The van der Waals surface area contributed by atoms with Crippen molar-refractivity contribution in [3.8, 4) is 5.75 Å². The predicted octanol–water partition coefficient (Wildman–Crippen LogP) is 7.15. The number of alkyl halides is 6. The number of imidazole rings is 1. The maximum Gasteiger partial charge on any atom is 0.416 e. The number of aromatic nitrogens is 4. The van der Waals surface area contributed by atoms with Crippen molar-refractivity contribution in [3.63, 3.8) is 0 Å². The molecule has 0 spiro atoms. The second kappa shape index (κ2) is 11.4. The summed E-state index contributed by atoms with van der Waals surface area (Å²) in [5, 5.41) is 6.06. The fraction of sp³-hybridized carbons (Fsp3) is 0.179. The summed E-state index contributed by atoms with van der Waals surface area (Å²) in [5.74, 6) is 1.11. The first-order valence-electron chi connectivity index (χ1n) is 12.3. The molecule has 0 aliphatic heterocycles. The molecular formula is C28H22F6N6O. The number of para-hydroxylation sites is 1. The normalized spacial score (nSPS) is 12.0. The van der Waals surface area contributed by atoms with Crippen LogP contribution in [0, 0.1) is 0 Å². The van der Waals surface area contributed by atoms with Gasteiger partial charge in [-0.25, -0.2) is 4.98 Å². The number of rotatable bonds is 9. The Kier molecular flexibility index (Phi) is 7.68. The van der Waals surface area contributed by atoms with E-state index >= 15 is 0 Å². The van der Waals surface area contributed by atoms with Crippen LogP contribution in [0.15, 0.2) is 85.2 Å². The smallest absolute Gasteiger partial charge is 0.416 e. The van der Waals surface area contributed by atoms with Crippen LogP contribution in [0.1, 0.15) is 16.7 Å². The number of hydrogen-bond acceptors (Lipinski definition) is 6. The standard InChI is InChI=1S/C28H22F6N6O/c29-27(30,31)19-8-6-18(7-9-19)16-40-17-36-23-24(35-14-15-41-22-4-2-1-3-5-22)38-26(39-25(23)40)37-21-12-10-20(11-13-21)28(32,33)34/h1-13,17H,14-16H2,(H2,35,37,38,39). The summed E-state index contributed by atoms with van der Waals surface area (Å²) >= 11 is 0. The molecule has 5 rings (SSSR count). The van der Waals surface area contributed by atoms with Gasteiger partial charge in [-0.1, -0.05) is 30.3 Å². The van der Waals surface area contributed by atoms with Gasteiger partial charge < -0.3 is 19.9 Å². The maximum absolute atomic E-state index is 13.0. The number of nitrogens with one attached hydrogen (secondary N) is 2. The number of hydrogen-bond donors (Lipinski definition) is 2. The van der Waals surface area contributed by atoms with E-state index in [1.54, 1.807) is 4.57 Å². The van der Waals surface area contributed by atoms with Crippen molar-refractivity contribution in [1.82, 2.24) is 19.5 Å². The van der Waals surface area contributed by atoms with Gasteiger partial charge in [0.05, 0.1) is 30.5 Å². The second-order valence-corrected chi connectivity index (χ2v) is 8.92. The van der Waals surface area contributed by atoms with Gasteiger partial charge in [0.1, 0.15) is 12.4 Å². The van der Waals surface area contributed by atoms with Gasteiger partial charge in [-0.3, -0.25) is 0 Å². The van der Waals surface area contributed by atoms with E-state index < -0.39 is 23.5 Å². The Labute approximate surface area is 229 Å². The zero-order chi connectivity index (χ0) is 29.0. The van der Waals surface area contributed by atoms with Crippen molar-refractivity contribution < 1.29 is 31.1 Å². The molecule has 0 aliphatic rings. The van der Waals surface area contributed by atoms with Crippen LogP contribution in [0.5, 0.6) is 5.75 Å². The first-order valence-corrected chi connectivity index (χ1v) is 12.3. The Morgan fingerprint density at radius 3 is 2.02 bits per heavy atom. The summed E-state index contributed by atoms with van der Waals surface area (Å²) in [4.78, 5) is 13.4. The first kappa shape index (κ1) is 27.7. The van der Waals surface area contributed by atoms with Gasteiger partial charge >= 0.3 is 12.4 Å². The molecule has 0 amide bonds. The highest BCUT2D eigenvalue weighted by Gasteiger charge is 2.30. The monoisotopic (exact) mass is 572 g/mol. The van der Waals surface area contributed by atoms with Crippen LogP contribution in [-0.4, -0.2) is 32.7 Å². The fourth-order valence-electron chi connectivity index (χ4n) is 3.96. The van der Waals surface area contributed by atoms with Crippen LogP contribution in [0.3, 0.4) is 0 Å². The summed E-state index contributed by atoms with van der Waals surface area (Å²) in [6.07, 6.45) is -7.43. The van der Waals surface area contributed by atoms with Crippen LogP contribution >= 0.6 is 0 Å². The molecular weight excluding hydrogens is 550 g/mol. The van der Waals surface area contributed by atoms with Crippen molar-refractivity contribution in [2.75, 3.05) is 23.8 Å². The minimum atomic E-state index is -4.47. The topological polar surface area (TPSA) is 76.9 Å². The third kappa shape index (κ3) is 6.86. The average Bonchev–Trinajstić information content (AvgIpc) is 3.34. The Morgan fingerprint density at radius 2 is 1.39 bits per heavy atom. The third-order valence-electron chi connectivity index (χ3n) is 5.97. The van der Waals surface area contributed by atoms with E-state index in [0.29, 0.717) is 47.1 Å². The number of nitrogens with zero attached hydrogens (tertiary/aromatic N) is 4. The van der Waals surface area contributed by atoms with E-state index in [2.05, 4.69) is 25.6 Å². The van der Waals surface area contributed by atoms with E-state index in [1.807, 2.05) is 30.3 Å². The number of anilines is 3. The molecule has 0 radical (unpaired) electrons. The Bertz CT molecular complexity index is 1600. The van der Waals surface area contributed by atoms with E-state index in [9.17, 15) is 26.3 Å². The number of ether oxygens (including phenoxy) is 1. The van der Waals surface area contributed by atoms with Crippen LogP contribution in [0.4, 0.5) is 43.8 Å². The summed E-state index contributed by atoms with van der Waals surface area (Å²) < 4.78 is 85.2. The highest BCUT2D eigenvalue weighted by atomic mass is 19.4. The zero-order valence-corrected chi connectivity index (χ0v) is 21.2. The Hall–Kier alpha value is -4.81. The lowest BCUT2D eigenvalue weighted by atomic mass is 10.1. The lowest BCUT2D eigenvalue weighted by Crippen LogP contribution is -2.14. The fourth-order valence-corrected chi connectivity index (χ4v) is 3.96. The van der Waals surface area contributed by atoms with Gasteiger partial charge in [0.15, 0.2) is 17.0 Å². The third-order valence-corrected chi connectivity index (χ3v) is 5.97. The minimum Gasteiger partial charge on any atom is -0.492 e. The second-order valence-electron chi connectivity index (χ2n) is 8.92. The maximum atomic E-state index is 13.0. The van der Waals surface area contributed by atoms with Crippen LogP contribution in [0.25, 0.3) is 11.2 Å². The molecule has 0 saturated heterocycles. The Morgan fingerprint density at radius 1 is 0.756 bits per heavy atom. The van der Waals surface area contributed by atoms with Gasteiger partial charge in [-0.2, -0.15) is 36.3 Å². The first-order chi connectivity index (χ1) is 19.6. The summed E-state index contributed by atoms with van der Waals surface area (Å²) in [6.45, 7) is 0.803. The summed E-state index contributed by atoms with van der Waals surface area (Å²) in [5.41, 5.74) is 0.111. The SMILES string of the molecule is FC(F)(F)c1ccc(Cn2cnc3c(NCCOc4ccccc4)nc(Nc4ccc(C(F)(F)F)cc4)nc32)cc1. The molecule has 3 aromatic carbocycles. The molecule has 2 aromatic heterocycles. The van der Waals surface area contributed by atoms with Crippen LogP contribution in [0.2, 0.25) is 0 Å². The van der Waals surface area contributed by atoms with Gasteiger partial charge in [0, 0.05) is 5.69 Å². The molecule has 0 aliphatic carbocycles. The van der Waals surface area contributed by atoms with Crippen molar-refractivity contribution in [3.05, 3.63) is 102 Å². The van der Waals surface area contributed by atoms with Crippen molar-refractivity contribution in [2.45, 2.75) is 18.9 Å². The van der Waals surface area contributed by atoms with E-state index in [1.165, 1.54) is 30.6 Å². The van der Waals surface area contributed by atoms with Gasteiger partial charge in [-0.15, -0.1) is 0 Å². The quantitative estimate of drug-likeness (QED) is 0.144. The molecule has 2 N–H and O–H groups in total. The molecule has 212 valence electrons. The lowest BCUT2D eigenvalue weighted by molar-refractivity contribution is -0.138. The molecule has 7 nitrogen and oxygen atoms in total. The van der Waals surface area contributed by atoms with Crippen LogP contribution < -0.4 is 15.4 Å². The predicted molar refractivity (Wildman–Crippen MR) is 141 cm³/mol. The van der Waals surface area contributed by atoms with Gasteiger partial charge in [0.2, 0.25) is 5.95 Å². The Balaban J connectivity index is 1.41. The number of benzene rings is 3. The molecule has 0 atom stereocenters. The molecule has 0 bridgehead atoms.